The van der Waals surface area contributed by atoms with E-state index >= 15 is 0 Å². The van der Waals surface area contributed by atoms with Crippen molar-refractivity contribution >= 4 is 5.97 Å². The molecule has 0 radical (unpaired) electrons. The van der Waals surface area contributed by atoms with Crippen LogP contribution in [0.4, 0.5) is 0 Å². The van der Waals surface area contributed by atoms with E-state index in [1.165, 1.54) is 25.7 Å². The standard InChI is InChI=1S/C13H24O3/c1-3-13(4-2,12(14)15)16-11-9-7-5-6-8-10-11/h11H,3-10H2,1-2H3,(H,14,15). The molecule has 3 heteroatoms. The van der Waals surface area contributed by atoms with Gasteiger partial charge in [0.25, 0.3) is 0 Å². The zero-order valence-corrected chi connectivity index (χ0v) is 10.5. The van der Waals surface area contributed by atoms with Gasteiger partial charge in [-0.25, -0.2) is 4.79 Å². The number of ether oxygens (including phenoxy) is 1. The molecule has 0 unspecified atom stereocenters. The molecule has 0 aromatic rings. The van der Waals surface area contributed by atoms with Crippen LogP contribution in [0.25, 0.3) is 0 Å². The maximum Gasteiger partial charge on any atom is 0.335 e. The van der Waals surface area contributed by atoms with Crippen molar-refractivity contribution in [2.45, 2.75) is 76.9 Å². The van der Waals surface area contributed by atoms with Crippen LogP contribution in [-0.2, 0) is 9.53 Å². The highest BCUT2D eigenvalue weighted by Crippen LogP contribution is 2.28. The van der Waals surface area contributed by atoms with E-state index in [0.29, 0.717) is 12.8 Å². The molecule has 1 N–H and O–H groups in total. The largest absolute Gasteiger partial charge is 0.479 e. The summed E-state index contributed by atoms with van der Waals surface area (Å²) in [6.07, 6.45) is 8.17. The molecule has 0 spiro atoms. The van der Waals surface area contributed by atoms with Gasteiger partial charge < -0.3 is 9.84 Å². The summed E-state index contributed by atoms with van der Waals surface area (Å²) in [6.45, 7) is 3.79. The second-order valence-corrected chi connectivity index (χ2v) is 4.74. The van der Waals surface area contributed by atoms with E-state index in [9.17, 15) is 9.90 Å². The molecule has 0 heterocycles. The van der Waals surface area contributed by atoms with Gasteiger partial charge in [0.05, 0.1) is 6.10 Å². The quantitative estimate of drug-likeness (QED) is 0.734. The van der Waals surface area contributed by atoms with Crippen molar-refractivity contribution in [1.82, 2.24) is 0 Å². The van der Waals surface area contributed by atoms with Gasteiger partial charge in [-0.15, -0.1) is 0 Å². The minimum atomic E-state index is -0.949. The lowest BCUT2D eigenvalue weighted by atomic mass is 9.96. The van der Waals surface area contributed by atoms with Gasteiger partial charge >= 0.3 is 5.97 Å². The molecule has 1 aliphatic rings. The lowest BCUT2D eigenvalue weighted by Gasteiger charge is -2.31. The van der Waals surface area contributed by atoms with E-state index in [4.69, 9.17) is 4.74 Å². The van der Waals surface area contributed by atoms with Crippen molar-refractivity contribution < 1.29 is 14.6 Å². The van der Waals surface area contributed by atoms with Gasteiger partial charge in [-0.2, -0.15) is 0 Å². The van der Waals surface area contributed by atoms with E-state index in [0.717, 1.165) is 12.8 Å². The maximum atomic E-state index is 11.3. The molecule has 3 nitrogen and oxygen atoms in total. The Morgan fingerprint density at radius 1 is 1.19 bits per heavy atom. The second-order valence-electron chi connectivity index (χ2n) is 4.74. The summed E-state index contributed by atoms with van der Waals surface area (Å²) in [5.41, 5.74) is -0.949. The van der Waals surface area contributed by atoms with Crippen LogP contribution in [0.15, 0.2) is 0 Å². The van der Waals surface area contributed by atoms with E-state index in [1.54, 1.807) is 0 Å². The van der Waals surface area contributed by atoms with E-state index in [1.807, 2.05) is 13.8 Å². The average molecular weight is 228 g/mol. The summed E-state index contributed by atoms with van der Waals surface area (Å²) in [5.74, 6) is -0.804. The fourth-order valence-corrected chi connectivity index (χ4v) is 2.45. The summed E-state index contributed by atoms with van der Waals surface area (Å²) in [5, 5.41) is 9.30. The minimum absolute atomic E-state index is 0.151. The van der Waals surface area contributed by atoms with Crippen molar-refractivity contribution in [3.8, 4) is 0 Å². The van der Waals surface area contributed by atoms with Crippen molar-refractivity contribution in [2.75, 3.05) is 0 Å². The number of carbonyl (C=O) groups is 1. The number of hydrogen-bond acceptors (Lipinski definition) is 2. The molecule has 1 fully saturated rings. The third-order valence-electron chi connectivity index (χ3n) is 3.73. The number of rotatable bonds is 5. The second kappa shape index (κ2) is 6.24. The lowest BCUT2D eigenvalue weighted by Crippen LogP contribution is -2.43. The molecule has 94 valence electrons. The van der Waals surface area contributed by atoms with Crippen molar-refractivity contribution in [3.63, 3.8) is 0 Å². The normalized spacial score (nSPS) is 19.4. The number of carboxylic acid groups (broad SMARTS) is 1. The van der Waals surface area contributed by atoms with Gasteiger partial charge in [0.2, 0.25) is 0 Å². The van der Waals surface area contributed by atoms with Gasteiger partial charge in [0.15, 0.2) is 5.60 Å². The summed E-state index contributed by atoms with van der Waals surface area (Å²) in [4.78, 5) is 11.3. The first-order chi connectivity index (χ1) is 7.64. The molecule has 1 saturated carbocycles. The van der Waals surface area contributed by atoms with Crippen LogP contribution in [0.5, 0.6) is 0 Å². The molecule has 0 atom stereocenters. The molecule has 0 saturated heterocycles. The molecule has 0 amide bonds. The van der Waals surface area contributed by atoms with Gasteiger partial charge in [0.1, 0.15) is 0 Å². The Bertz CT molecular complexity index is 213. The zero-order valence-electron chi connectivity index (χ0n) is 10.5. The molecule has 0 aromatic carbocycles. The van der Waals surface area contributed by atoms with Crippen molar-refractivity contribution in [2.24, 2.45) is 0 Å². The predicted octanol–water partition coefficient (Wildman–Crippen LogP) is 3.37. The first-order valence-electron chi connectivity index (χ1n) is 6.56. The Balaban J connectivity index is 2.62. The first kappa shape index (κ1) is 13.5. The van der Waals surface area contributed by atoms with Crippen LogP contribution in [0, 0.1) is 0 Å². The molecule has 1 rings (SSSR count). The maximum absolute atomic E-state index is 11.3. The highest BCUT2D eigenvalue weighted by Gasteiger charge is 2.38. The smallest absolute Gasteiger partial charge is 0.335 e. The van der Waals surface area contributed by atoms with Crippen LogP contribution >= 0.6 is 0 Å². The average Bonchev–Trinajstić information content (AvgIpc) is 2.54. The molecule has 0 aliphatic heterocycles. The Hall–Kier alpha value is -0.570. The summed E-state index contributed by atoms with van der Waals surface area (Å²) < 4.78 is 5.92. The Morgan fingerprint density at radius 2 is 1.69 bits per heavy atom. The van der Waals surface area contributed by atoms with Crippen LogP contribution in [0.2, 0.25) is 0 Å². The van der Waals surface area contributed by atoms with E-state index < -0.39 is 11.6 Å². The molecule has 1 aliphatic carbocycles. The lowest BCUT2D eigenvalue weighted by molar-refractivity contribution is -0.176. The van der Waals surface area contributed by atoms with Crippen LogP contribution in [0.3, 0.4) is 0 Å². The molecular weight excluding hydrogens is 204 g/mol. The van der Waals surface area contributed by atoms with Crippen LogP contribution in [0.1, 0.15) is 65.2 Å². The summed E-state index contributed by atoms with van der Waals surface area (Å²) >= 11 is 0. The van der Waals surface area contributed by atoms with E-state index in [-0.39, 0.29) is 6.10 Å². The molecule has 16 heavy (non-hydrogen) atoms. The summed E-state index contributed by atoms with van der Waals surface area (Å²) in [7, 11) is 0. The molecule has 0 aromatic heterocycles. The van der Waals surface area contributed by atoms with Gasteiger partial charge in [-0.1, -0.05) is 39.5 Å². The third-order valence-corrected chi connectivity index (χ3v) is 3.73. The number of carboxylic acids is 1. The first-order valence-corrected chi connectivity index (χ1v) is 6.56. The number of aliphatic carboxylic acids is 1. The van der Waals surface area contributed by atoms with Crippen LogP contribution in [-0.4, -0.2) is 22.8 Å². The number of hydrogen-bond donors (Lipinski definition) is 1. The Labute approximate surface area is 98.2 Å². The van der Waals surface area contributed by atoms with E-state index in [2.05, 4.69) is 0 Å². The SMILES string of the molecule is CCC(CC)(OC1CCCCCC1)C(=O)O. The predicted molar refractivity (Wildman–Crippen MR) is 63.5 cm³/mol. The van der Waals surface area contributed by atoms with Gasteiger partial charge in [-0.3, -0.25) is 0 Å². The minimum Gasteiger partial charge on any atom is -0.479 e. The highest BCUT2D eigenvalue weighted by molar-refractivity contribution is 5.77. The van der Waals surface area contributed by atoms with Crippen molar-refractivity contribution in [1.29, 1.82) is 0 Å². The van der Waals surface area contributed by atoms with Crippen LogP contribution < -0.4 is 0 Å². The Morgan fingerprint density at radius 3 is 2.06 bits per heavy atom. The molecular formula is C13H24O3. The topological polar surface area (TPSA) is 46.5 Å². The Kier molecular flexibility index (Phi) is 5.26. The molecule has 0 bridgehead atoms. The fraction of sp³-hybridized carbons (Fsp3) is 0.923. The van der Waals surface area contributed by atoms with Gasteiger partial charge in [-0.05, 0) is 25.7 Å². The zero-order chi connectivity index (χ0) is 12.0. The monoisotopic (exact) mass is 228 g/mol. The summed E-state index contributed by atoms with van der Waals surface area (Å²) in [6, 6.07) is 0. The van der Waals surface area contributed by atoms with Crippen molar-refractivity contribution in [3.05, 3.63) is 0 Å². The fourth-order valence-electron chi connectivity index (χ4n) is 2.45. The third kappa shape index (κ3) is 3.21. The highest BCUT2D eigenvalue weighted by atomic mass is 16.5. The van der Waals surface area contributed by atoms with Gasteiger partial charge in [0, 0.05) is 0 Å².